The normalized spacial score (nSPS) is 18.3. The van der Waals surface area contributed by atoms with Crippen LogP contribution in [0.4, 0.5) is 14.6 Å². The molecule has 3 rings (SSSR count). The molecule has 122 valence electrons. The Morgan fingerprint density at radius 2 is 2.09 bits per heavy atom. The van der Waals surface area contributed by atoms with Crippen LogP contribution < -0.4 is 5.32 Å². The number of nitrogens with one attached hydrogen (secondary N) is 1. The number of aliphatic hydroxyl groups excluding tert-OH is 1. The molecule has 1 aromatic heterocycles. The molecule has 1 aliphatic rings. The van der Waals surface area contributed by atoms with Gasteiger partial charge in [-0.1, -0.05) is 0 Å². The number of aryl methyl sites for hydroxylation is 1. The van der Waals surface area contributed by atoms with Crippen LogP contribution in [0.15, 0.2) is 24.4 Å². The zero-order valence-electron chi connectivity index (χ0n) is 12.6. The van der Waals surface area contributed by atoms with Crippen LogP contribution >= 0.6 is 0 Å². The molecular formula is C16H17F2N3O2. The van der Waals surface area contributed by atoms with Gasteiger partial charge in [0.25, 0.3) is 5.91 Å². The number of carbonyl (C=O) groups excluding carboxylic acids is 1. The van der Waals surface area contributed by atoms with Crippen molar-refractivity contribution >= 4 is 11.7 Å². The molecule has 2 aromatic rings. The number of benzene rings is 1. The van der Waals surface area contributed by atoms with Crippen molar-refractivity contribution in [2.75, 3.05) is 5.32 Å². The highest BCUT2D eigenvalue weighted by Crippen LogP contribution is 2.32. The zero-order chi connectivity index (χ0) is 16.6. The van der Waals surface area contributed by atoms with Crippen molar-refractivity contribution in [2.45, 2.75) is 38.3 Å². The van der Waals surface area contributed by atoms with Gasteiger partial charge in [-0.3, -0.25) is 4.79 Å². The first-order valence-corrected chi connectivity index (χ1v) is 7.46. The minimum absolute atomic E-state index is 0.228. The number of aromatic nitrogens is 2. The predicted octanol–water partition coefficient (Wildman–Crippen LogP) is 2.41. The van der Waals surface area contributed by atoms with Crippen molar-refractivity contribution in [3.8, 4) is 0 Å². The average molecular weight is 321 g/mol. The van der Waals surface area contributed by atoms with Gasteiger partial charge in [-0.05, 0) is 37.5 Å². The fourth-order valence-electron chi connectivity index (χ4n) is 2.87. The Labute approximate surface area is 132 Å². The van der Waals surface area contributed by atoms with Crippen LogP contribution in [0.3, 0.4) is 0 Å². The number of hydrogen-bond acceptors (Lipinski definition) is 3. The fraction of sp³-hybridized carbons (Fsp3) is 0.375. The van der Waals surface area contributed by atoms with E-state index < -0.39 is 23.6 Å². The molecule has 0 radical (unpaired) electrons. The zero-order valence-corrected chi connectivity index (χ0v) is 12.6. The van der Waals surface area contributed by atoms with Gasteiger partial charge in [0, 0.05) is 18.7 Å². The van der Waals surface area contributed by atoms with Crippen LogP contribution in [0, 0.1) is 11.6 Å². The summed E-state index contributed by atoms with van der Waals surface area (Å²) in [6.07, 6.45) is 2.79. The van der Waals surface area contributed by atoms with Crippen LogP contribution in [0.1, 0.15) is 37.2 Å². The van der Waals surface area contributed by atoms with Gasteiger partial charge in [0.05, 0.1) is 6.04 Å². The van der Waals surface area contributed by atoms with Crippen LogP contribution in [-0.2, 0) is 11.2 Å². The minimum Gasteiger partial charge on any atom is -0.384 e. The van der Waals surface area contributed by atoms with E-state index in [9.17, 15) is 18.7 Å². The molecule has 2 unspecified atom stereocenters. The van der Waals surface area contributed by atoms with Gasteiger partial charge in [0.1, 0.15) is 23.6 Å². The van der Waals surface area contributed by atoms with E-state index in [0.29, 0.717) is 11.4 Å². The Hall–Kier alpha value is -2.28. The molecule has 0 bridgehead atoms. The first-order valence-electron chi connectivity index (χ1n) is 7.46. The van der Waals surface area contributed by atoms with Gasteiger partial charge < -0.3 is 15.0 Å². The maximum atomic E-state index is 13.5. The summed E-state index contributed by atoms with van der Waals surface area (Å²) >= 11 is 0. The summed E-state index contributed by atoms with van der Waals surface area (Å²) in [5.74, 6) is -0.708. The SMILES string of the molecule is CC(O)C(=O)Nc1cn2c(n1)CCCC2c1cc(F)cc(F)c1. The van der Waals surface area contributed by atoms with E-state index in [1.54, 1.807) is 6.20 Å². The number of aliphatic hydroxyl groups is 1. The molecule has 2 atom stereocenters. The Balaban J connectivity index is 1.93. The second-order valence-electron chi connectivity index (χ2n) is 5.73. The Kier molecular flexibility index (Phi) is 4.12. The number of imidazole rings is 1. The van der Waals surface area contributed by atoms with Crippen LogP contribution in [0.25, 0.3) is 0 Å². The molecule has 7 heteroatoms. The molecule has 0 saturated carbocycles. The third-order valence-corrected chi connectivity index (χ3v) is 3.92. The minimum atomic E-state index is -1.14. The lowest BCUT2D eigenvalue weighted by Crippen LogP contribution is -2.24. The summed E-state index contributed by atoms with van der Waals surface area (Å²) in [7, 11) is 0. The molecular weight excluding hydrogens is 304 g/mol. The monoisotopic (exact) mass is 321 g/mol. The molecule has 0 spiro atoms. The Morgan fingerprint density at radius 3 is 2.74 bits per heavy atom. The molecule has 0 fully saturated rings. The first kappa shape index (κ1) is 15.6. The lowest BCUT2D eigenvalue weighted by Gasteiger charge is -2.25. The van der Waals surface area contributed by atoms with Crippen LogP contribution in [0.2, 0.25) is 0 Å². The number of carbonyl (C=O) groups is 1. The van der Waals surface area contributed by atoms with Crippen molar-refractivity contribution < 1.29 is 18.7 Å². The van der Waals surface area contributed by atoms with Crippen molar-refractivity contribution in [1.82, 2.24) is 9.55 Å². The Bertz CT molecular complexity index is 723. The maximum absolute atomic E-state index is 13.5. The maximum Gasteiger partial charge on any atom is 0.254 e. The lowest BCUT2D eigenvalue weighted by atomic mass is 9.97. The van der Waals surface area contributed by atoms with E-state index in [1.807, 2.05) is 4.57 Å². The topological polar surface area (TPSA) is 67.2 Å². The van der Waals surface area contributed by atoms with Crippen molar-refractivity contribution in [1.29, 1.82) is 0 Å². The second kappa shape index (κ2) is 6.08. The summed E-state index contributed by atoms with van der Waals surface area (Å²) < 4.78 is 28.8. The highest BCUT2D eigenvalue weighted by molar-refractivity contribution is 5.92. The van der Waals surface area contributed by atoms with E-state index in [4.69, 9.17) is 0 Å². The molecule has 1 amide bonds. The average Bonchev–Trinajstić information content (AvgIpc) is 2.88. The summed E-state index contributed by atoms with van der Waals surface area (Å²) in [4.78, 5) is 15.9. The van der Waals surface area contributed by atoms with Gasteiger partial charge in [-0.15, -0.1) is 0 Å². The number of amides is 1. The van der Waals surface area contributed by atoms with E-state index in [0.717, 1.165) is 31.2 Å². The van der Waals surface area contributed by atoms with Gasteiger partial charge in [0.2, 0.25) is 0 Å². The van der Waals surface area contributed by atoms with Crippen molar-refractivity contribution in [3.05, 3.63) is 47.4 Å². The predicted molar refractivity (Wildman–Crippen MR) is 80.0 cm³/mol. The molecule has 0 aliphatic carbocycles. The van der Waals surface area contributed by atoms with Crippen LogP contribution in [-0.4, -0.2) is 26.7 Å². The van der Waals surface area contributed by atoms with Gasteiger partial charge in [-0.2, -0.15) is 0 Å². The van der Waals surface area contributed by atoms with E-state index in [-0.39, 0.29) is 6.04 Å². The van der Waals surface area contributed by atoms with Crippen LogP contribution in [0.5, 0.6) is 0 Å². The summed E-state index contributed by atoms with van der Waals surface area (Å²) in [5.41, 5.74) is 0.536. The molecule has 5 nitrogen and oxygen atoms in total. The summed E-state index contributed by atoms with van der Waals surface area (Å²) in [6, 6.07) is 3.25. The van der Waals surface area contributed by atoms with Gasteiger partial charge >= 0.3 is 0 Å². The van der Waals surface area contributed by atoms with E-state index in [2.05, 4.69) is 10.3 Å². The number of hydrogen-bond donors (Lipinski definition) is 2. The molecule has 0 saturated heterocycles. The second-order valence-corrected chi connectivity index (χ2v) is 5.73. The quantitative estimate of drug-likeness (QED) is 0.912. The number of halogens is 2. The molecule has 23 heavy (non-hydrogen) atoms. The largest absolute Gasteiger partial charge is 0.384 e. The van der Waals surface area contributed by atoms with Gasteiger partial charge in [-0.25, -0.2) is 13.8 Å². The first-order chi connectivity index (χ1) is 10.9. The number of fused-ring (bicyclic) bond motifs is 1. The molecule has 1 aromatic carbocycles. The highest BCUT2D eigenvalue weighted by atomic mass is 19.1. The van der Waals surface area contributed by atoms with E-state index in [1.165, 1.54) is 19.1 Å². The third kappa shape index (κ3) is 3.24. The molecule has 2 heterocycles. The summed E-state index contributed by atoms with van der Waals surface area (Å²) in [5, 5.41) is 11.8. The smallest absolute Gasteiger partial charge is 0.254 e. The van der Waals surface area contributed by atoms with Gasteiger partial charge in [0.15, 0.2) is 5.82 Å². The van der Waals surface area contributed by atoms with E-state index >= 15 is 0 Å². The highest BCUT2D eigenvalue weighted by Gasteiger charge is 2.24. The van der Waals surface area contributed by atoms with Crippen molar-refractivity contribution in [2.24, 2.45) is 0 Å². The number of rotatable bonds is 3. The molecule has 1 aliphatic heterocycles. The summed E-state index contributed by atoms with van der Waals surface area (Å²) in [6.45, 7) is 1.36. The standard InChI is InChI=1S/C16H17F2N3O2/c1-9(22)16(23)20-14-8-21-13(3-2-4-15(21)19-14)10-5-11(17)7-12(18)6-10/h5-9,13,22H,2-4H2,1H3,(H,20,23). The third-order valence-electron chi connectivity index (χ3n) is 3.92. The number of nitrogens with zero attached hydrogens (tertiary/aromatic N) is 2. The molecule has 2 N–H and O–H groups in total. The number of anilines is 1. The Morgan fingerprint density at radius 1 is 1.39 bits per heavy atom. The fourth-order valence-corrected chi connectivity index (χ4v) is 2.87. The lowest BCUT2D eigenvalue weighted by molar-refractivity contribution is -0.123. The van der Waals surface area contributed by atoms with Crippen molar-refractivity contribution in [3.63, 3.8) is 0 Å².